The normalized spacial score (nSPS) is 17.2. The molecule has 0 bridgehead atoms. The molecule has 0 aliphatic carbocycles. The van der Waals surface area contributed by atoms with E-state index in [4.69, 9.17) is 16.3 Å². The second-order valence-electron chi connectivity index (χ2n) is 8.39. The smallest absolute Gasteiger partial charge is 0.289 e. The van der Waals surface area contributed by atoms with Crippen molar-refractivity contribution in [2.45, 2.75) is 23.3 Å². The number of nitrogens with zero attached hydrogens (tertiary/aromatic N) is 2. The molecule has 34 heavy (non-hydrogen) atoms. The first kappa shape index (κ1) is 22.6. The van der Waals surface area contributed by atoms with Gasteiger partial charge in [-0.3, -0.25) is 10.1 Å². The van der Waals surface area contributed by atoms with E-state index in [1.807, 2.05) is 42.5 Å². The molecule has 9 heteroatoms. The Morgan fingerprint density at radius 3 is 2.41 bits per heavy atom. The van der Waals surface area contributed by atoms with E-state index in [2.05, 4.69) is 18.2 Å². The van der Waals surface area contributed by atoms with Crippen LogP contribution in [0.15, 0.2) is 77.7 Å². The lowest BCUT2D eigenvalue weighted by Crippen LogP contribution is -2.49. The van der Waals surface area contributed by atoms with Crippen LogP contribution in [0.2, 0.25) is 5.02 Å². The Kier molecular flexibility index (Phi) is 5.67. The number of piperidine rings is 1. The van der Waals surface area contributed by atoms with Crippen molar-refractivity contribution in [3.63, 3.8) is 0 Å². The van der Waals surface area contributed by atoms with Gasteiger partial charge < -0.3 is 4.74 Å². The minimum atomic E-state index is -3.90. The molecule has 0 aromatic heterocycles. The van der Waals surface area contributed by atoms with Crippen molar-refractivity contribution in [1.82, 2.24) is 4.31 Å². The van der Waals surface area contributed by atoms with Crippen LogP contribution in [-0.2, 0) is 10.0 Å². The molecule has 0 saturated carbocycles. The Labute approximate surface area is 202 Å². The van der Waals surface area contributed by atoms with E-state index in [0.29, 0.717) is 12.8 Å². The first-order valence-corrected chi connectivity index (χ1v) is 12.6. The monoisotopic (exact) mass is 496 g/mol. The summed E-state index contributed by atoms with van der Waals surface area (Å²) in [5.41, 5.74) is 2.19. The predicted molar refractivity (Wildman–Crippen MR) is 130 cm³/mol. The van der Waals surface area contributed by atoms with Crippen molar-refractivity contribution < 1.29 is 18.1 Å². The molecule has 3 aromatic rings. The lowest BCUT2D eigenvalue weighted by atomic mass is 9.88. The molecular formula is C25H21ClN2O5S. The summed E-state index contributed by atoms with van der Waals surface area (Å²) in [4.78, 5) is 10.3. The van der Waals surface area contributed by atoms with Crippen LogP contribution in [0.25, 0.3) is 17.2 Å². The summed E-state index contributed by atoms with van der Waals surface area (Å²) in [5.74, 6) is 0.770. The van der Waals surface area contributed by atoms with Gasteiger partial charge in [-0.1, -0.05) is 54.1 Å². The topological polar surface area (TPSA) is 89.8 Å². The molecule has 0 unspecified atom stereocenters. The molecule has 0 amide bonds. The lowest BCUT2D eigenvalue weighted by Gasteiger charge is -2.41. The zero-order valence-electron chi connectivity index (χ0n) is 18.1. The average molecular weight is 497 g/mol. The third kappa shape index (κ3) is 4.09. The van der Waals surface area contributed by atoms with Crippen LogP contribution in [0.1, 0.15) is 18.4 Å². The van der Waals surface area contributed by atoms with Gasteiger partial charge >= 0.3 is 0 Å². The highest BCUT2D eigenvalue weighted by Gasteiger charge is 2.40. The van der Waals surface area contributed by atoms with Crippen LogP contribution in [0.3, 0.4) is 0 Å². The second-order valence-corrected chi connectivity index (χ2v) is 10.7. The number of sulfonamides is 1. The van der Waals surface area contributed by atoms with Gasteiger partial charge in [0.2, 0.25) is 10.0 Å². The van der Waals surface area contributed by atoms with Crippen LogP contribution in [0.4, 0.5) is 5.69 Å². The molecule has 2 aliphatic heterocycles. The highest BCUT2D eigenvalue weighted by atomic mass is 35.5. The number of hydrogen-bond donors (Lipinski definition) is 0. The number of halogens is 1. The first-order chi connectivity index (χ1) is 16.3. The first-order valence-electron chi connectivity index (χ1n) is 10.8. The Morgan fingerprint density at radius 2 is 1.71 bits per heavy atom. The number of rotatable bonds is 4. The predicted octanol–water partition coefficient (Wildman–Crippen LogP) is 5.54. The van der Waals surface area contributed by atoms with Gasteiger partial charge in [0.15, 0.2) is 0 Å². The Balaban J connectivity index is 1.33. The number of nitro groups is 1. The van der Waals surface area contributed by atoms with Crippen molar-refractivity contribution in [2.75, 3.05) is 13.1 Å². The summed E-state index contributed by atoms with van der Waals surface area (Å²) in [6.45, 7) is 0.473. The van der Waals surface area contributed by atoms with Gasteiger partial charge in [0, 0.05) is 37.6 Å². The lowest BCUT2D eigenvalue weighted by molar-refractivity contribution is -0.384. The molecule has 1 fully saturated rings. The molecule has 2 aliphatic rings. The van der Waals surface area contributed by atoms with Gasteiger partial charge in [-0.15, -0.1) is 0 Å². The Morgan fingerprint density at radius 1 is 0.971 bits per heavy atom. The zero-order valence-corrected chi connectivity index (χ0v) is 19.6. The fraction of sp³-hybridized carbons (Fsp3) is 0.200. The summed E-state index contributed by atoms with van der Waals surface area (Å²) < 4.78 is 33.9. The van der Waals surface area contributed by atoms with Gasteiger partial charge in [0.1, 0.15) is 16.4 Å². The van der Waals surface area contributed by atoms with Crippen LogP contribution < -0.4 is 4.74 Å². The van der Waals surface area contributed by atoms with E-state index in [1.165, 1.54) is 16.4 Å². The van der Waals surface area contributed by atoms with Gasteiger partial charge in [0.25, 0.3) is 5.69 Å². The van der Waals surface area contributed by atoms with E-state index < -0.39 is 26.2 Å². The summed E-state index contributed by atoms with van der Waals surface area (Å²) in [7, 11) is -3.90. The molecule has 0 radical (unpaired) electrons. The largest absolute Gasteiger partial charge is 0.482 e. The van der Waals surface area contributed by atoms with Gasteiger partial charge in [-0.2, -0.15) is 4.31 Å². The van der Waals surface area contributed by atoms with Crippen molar-refractivity contribution in [3.05, 3.63) is 93.5 Å². The van der Waals surface area contributed by atoms with E-state index in [-0.39, 0.29) is 23.0 Å². The number of benzene rings is 3. The van der Waals surface area contributed by atoms with Crippen molar-refractivity contribution >= 4 is 33.4 Å². The highest BCUT2D eigenvalue weighted by Crippen LogP contribution is 2.40. The fourth-order valence-corrected chi connectivity index (χ4v) is 6.04. The molecule has 0 N–H and O–H groups in total. The number of nitro benzene ring substituents is 1. The summed E-state index contributed by atoms with van der Waals surface area (Å²) in [6.07, 6.45) is 5.00. The maximum atomic E-state index is 13.1. The maximum absolute atomic E-state index is 13.1. The standard InChI is InChI=1S/C25H21ClN2O5S/c26-22-8-7-21(17-23(22)28(29)30)34(31,32)27-14-12-25(13-15-27)11-10-20-16-19(6-9-24(20)33-25)18-4-2-1-3-5-18/h1-11,16-17H,12-15H2. The average Bonchev–Trinajstić information content (AvgIpc) is 2.84. The summed E-state index contributed by atoms with van der Waals surface area (Å²) in [6, 6.07) is 19.7. The van der Waals surface area contributed by atoms with Crippen LogP contribution in [0.5, 0.6) is 5.75 Å². The van der Waals surface area contributed by atoms with Crippen molar-refractivity contribution in [2.24, 2.45) is 0 Å². The van der Waals surface area contributed by atoms with Gasteiger partial charge in [0.05, 0.1) is 9.82 Å². The van der Waals surface area contributed by atoms with Gasteiger partial charge in [-0.25, -0.2) is 8.42 Å². The molecular weight excluding hydrogens is 476 g/mol. The number of hydrogen-bond acceptors (Lipinski definition) is 5. The molecule has 7 nitrogen and oxygen atoms in total. The van der Waals surface area contributed by atoms with E-state index in [1.54, 1.807) is 0 Å². The van der Waals surface area contributed by atoms with E-state index in [9.17, 15) is 18.5 Å². The highest BCUT2D eigenvalue weighted by molar-refractivity contribution is 7.89. The molecule has 5 rings (SSSR count). The second kappa shape index (κ2) is 8.54. The van der Waals surface area contributed by atoms with Crippen molar-refractivity contribution in [1.29, 1.82) is 0 Å². The molecule has 1 saturated heterocycles. The Hall–Kier alpha value is -3.20. The molecule has 0 atom stereocenters. The molecule has 2 heterocycles. The Bertz CT molecular complexity index is 1400. The van der Waals surface area contributed by atoms with E-state index in [0.717, 1.165) is 28.5 Å². The molecule has 3 aromatic carbocycles. The summed E-state index contributed by atoms with van der Waals surface area (Å²) >= 11 is 5.84. The SMILES string of the molecule is O=[N+]([O-])c1cc(S(=O)(=O)N2CCC3(C=Cc4cc(-c5ccccc5)ccc4O3)CC2)ccc1Cl. The number of fused-ring (bicyclic) bond motifs is 1. The fourth-order valence-electron chi connectivity index (χ4n) is 4.39. The van der Waals surface area contributed by atoms with Gasteiger partial charge in [-0.05, 0) is 41.5 Å². The zero-order chi connectivity index (χ0) is 23.9. The summed E-state index contributed by atoms with van der Waals surface area (Å²) in [5, 5.41) is 11.1. The van der Waals surface area contributed by atoms with E-state index >= 15 is 0 Å². The third-order valence-corrected chi connectivity index (χ3v) is 8.53. The minimum absolute atomic E-state index is 0.101. The quantitative estimate of drug-likeness (QED) is 0.349. The third-order valence-electron chi connectivity index (χ3n) is 6.32. The van der Waals surface area contributed by atoms with Crippen LogP contribution in [-0.4, -0.2) is 36.3 Å². The number of ether oxygens (including phenoxy) is 1. The maximum Gasteiger partial charge on any atom is 0.289 e. The van der Waals surface area contributed by atoms with Crippen LogP contribution >= 0.6 is 11.6 Å². The van der Waals surface area contributed by atoms with Crippen molar-refractivity contribution in [3.8, 4) is 16.9 Å². The molecule has 174 valence electrons. The minimum Gasteiger partial charge on any atom is -0.482 e. The van der Waals surface area contributed by atoms with Crippen LogP contribution in [0, 0.1) is 10.1 Å². The molecule has 1 spiro atoms.